The number of aromatic nitrogens is 2. The van der Waals surface area contributed by atoms with Gasteiger partial charge in [-0.15, -0.1) is 0 Å². The number of carbonyl (C=O) groups excluding carboxylic acids is 2. The zero-order chi connectivity index (χ0) is 18.7. The van der Waals surface area contributed by atoms with Gasteiger partial charge in [0.05, 0.1) is 12.7 Å². The lowest BCUT2D eigenvalue weighted by molar-refractivity contribution is -0.125. The summed E-state index contributed by atoms with van der Waals surface area (Å²) in [5.74, 6) is 0.382. The van der Waals surface area contributed by atoms with Crippen molar-refractivity contribution >= 4 is 11.9 Å². The maximum absolute atomic E-state index is 11.7. The van der Waals surface area contributed by atoms with Gasteiger partial charge < -0.3 is 10.2 Å². The minimum atomic E-state index is -0.272. The third kappa shape index (κ3) is 4.07. The molecule has 144 valence electrons. The van der Waals surface area contributed by atoms with Gasteiger partial charge in [-0.1, -0.05) is 6.92 Å². The molecule has 2 saturated heterocycles. The number of piperidine rings is 1. The monoisotopic (exact) mass is 362 g/mol. The van der Waals surface area contributed by atoms with E-state index in [1.54, 1.807) is 0 Å². The quantitative estimate of drug-likeness (QED) is 0.722. The van der Waals surface area contributed by atoms with Crippen LogP contribution in [0.25, 0.3) is 0 Å². The van der Waals surface area contributed by atoms with Crippen LogP contribution in [0.5, 0.6) is 0 Å². The molecule has 8 heteroatoms. The number of imide groups is 1. The summed E-state index contributed by atoms with van der Waals surface area (Å²) in [6.07, 6.45) is 6.50. The number of aryl methyl sites for hydroxylation is 1. The average Bonchev–Trinajstić information content (AvgIpc) is 3.18. The molecule has 3 amide bonds. The lowest BCUT2D eigenvalue weighted by Gasteiger charge is -2.42. The summed E-state index contributed by atoms with van der Waals surface area (Å²) in [5, 5.41) is 6.94. The van der Waals surface area contributed by atoms with Crippen LogP contribution in [-0.2, 0) is 11.8 Å². The number of hydrogen-bond donors (Lipinski definition) is 1. The predicted molar refractivity (Wildman–Crippen MR) is 98.5 cm³/mol. The number of nitrogens with one attached hydrogen (secondary N) is 1. The van der Waals surface area contributed by atoms with Crippen LogP contribution in [0.1, 0.15) is 31.4 Å². The molecule has 0 bridgehead atoms. The van der Waals surface area contributed by atoms with Crippen molar-refractivity contribution in [2.75, 3.05) is 46.3 Å². The number of likely N-dealkylation sites (tertiary alicyclic amines) is 1. The van der Waals surface area contributed by atoms with Gasteiger partial charge in [0.2, 0.25) is 5.91 Å². The van der Waals surface area contributed by atoms with E-state index in [0.29, 0.717) is 25.0 Å². The Morgan fingerprint density at radius 2 is 2.19 bits per heavy atom. The first-order valence-electron chi connectivity index (χ1n) is 9.49. The topological polar surface area (TPSA) is 73.7 Å². The zero-order valence-electron chi connectivity index (χ0n) is 16.0. The summed E-state index contributed by atoms with van der Waals surface area (Å²) in [6, 6.07) is 0.105. The molecule has 2 fully saturated rings. The van der Waals surface area contributed by atoms with Crippen LogP contribution in [-0.4, -0.2) is 82.7 Å². The van der Waals surface area contributed by atoms with Crippen LogP contribution in [0.3, 0.4) is 0 Å². The highest BCUT2D eigenvalue weighted by Gasteiger charge is 2.34. The van der Waals surface area contributed by atoms with Crippen molar-refractivity contribution in [1.82, 2.24) is 29.8 Å². The lowest BCUT2D eigenvalue weighted by Crippen LogP contribution is -2.44. The number of hydrogen-bond acceptors (Lipinski definition) is 5. The molecule has 1 N–H and O–H groups in total. The van der Waals surface area contributed by atoms with Crippen molar-refractivity contribution in [3.05, 3.63) is 18.0 Å². The van der Waals surface area contributed by atoms with E-state index >= 15 is 0 Å². The van der Waals surface area contributed by atoms with Crippen molar-refractivity contribution in [3.63, 3.8) is 0 Å². The van der Waals surface area contributed by atoms with E-state index in [2.05, 4.69) is 40.4 Å². The molecule has 3 rings (SSSR count). The average molecular weight is 362 g/mol. The second kappa shape index (κ2) is 8.18. The molecule has 3 heterocycles. The molecule has 0 radical (unpaired) electrons. The molecule has 0 unspecified atom stereocenters. The smallest absolute Gasteiger partial charge is 0.324 e. The molecule has 0 spiro atoms. The van der Waals surface area contributed by atoms with Gasteiger partial charge in [-0.2, -0.15) is 5.10 Å². The fourth-order valence-corrected chi connectivity index (χ4v) is 4.22. The van der Waals surface area contributed by atoms with Gasteiger partial charge in [-0.05, 0) is 38.9 Å². The molecule has 26 heavy (non-hydrogen) atoms. The number of amides is 3. The summed E-state index contributed by atoms with van der Waals surface area (Å²) < 4.78 is 1.87. The third-order valence-electron chi connectivity index (χ3n) is 5.52. The highest BCUT2D eigenvalue weighted by Crippen LogP contribution is 2.36. The summed E-state index contributed by atoms with van der Waals surface area (Å²) in [4.78, 5) is 29.5. The molecule has 0 aliphatic carbocycles. The maximum Gasteiger partial charge on any atom is 0.324 e. The van der Waals surface area contributed by atoms with E-state index in [-0.39, 0.29) is 18.5 Å². The van der Waals surface area contributed by atoms with E-state index in [0.717, 1.165) is 19.6 Å². The Kier molecular flexibility index (Phi) is 5.93. The number of likely N-dealkylation sites (N-methyl/N-ethyl adjacent to an activating group) is 1. The summed E-state index contributed by atoms with van der Waals surface area (Å²) in [6.45, 7) is 6.58. The Bertz CT molecular complexity index is 629. The number of rotatable bonds is 7. The molecule has 8 nitrogen and oxygen atoms in total. The van der Waals surface area contributed by atoms with E-state index < -0.39 is 0 Å². The molecule has 2 aliphatic heterocycles. The summed E-state index contributed by atoms with van der Waals surface area (Å²) in [5.41, 5.74) is 1.28. The van der Waals surface area contributed by atoms with Crippen molar-refractivity contribution in [3.8, 4) is 0 Å². The fourth-order valence-electron chi connectivity index (χ4n) is 4.22. The van der Waals surface area contributed by atoms with Crippen molar-refractivity contribution in [1.29, 1.82) is 0 Å². The second-order valence-electron chi connectivity index (χ2n) is 7.39. The standard InChI is InChI=1S/C18H30N6O2/c1-4-23-7-5-6-14(17(23)15-10-20-22(3)13-15)12-21(2)8-9-24-16(25)11-19-18(24)26/h10,13-14,17H,4-9,11-12H2,1-3H3,(H,19,26)/t14-,17+/m0/s1. The largest absolute Gasteiger partial charge is 0.329 e. The van der Waals surface area contributed by atoms with Gasteiger partial charge in [-0.3, -0.25) is 19.3 Å². The van der Waals surface area contributed by atoms with Gasteiger partial charge in [0.15, 0.2) is 0 Å². The van der Waals surface area contributed by atoms with Gasteiger partial charge in [-0.25, -0.2) is 4.79 Å². The zero-order valence-corrected chi connectivity index (χ0v) is 16.0. The Balaban J connectivity index is 1.62. The molecule has 0 saturated carbocycles. The van der Waals surface area contributed by atoms with Crippen molar-refractivity contribution in [2.45, 2.75) is 25.8 Å². The summed E-state index contributed by atoms with van der Waals surface area (Å²) >= 11 is 0. The van der Waals surface area contributed by atoms with Gasteiger partial charge in [0, 0.05) is 44.5 Å². The Morgan fingerprint density at radius 1 is 1.38 bits per heavy atom. The van der Waals surface area contributed by atoms with Crippen LogP contribution in [0.4, 0.5) is 4.79 Å². The summed E-state index contributed by atoms with van der Waals surface area (Å²) in [7, 11) is 4.03. The van der Waals surface area contributed by atoms with Gasteiger partial charge >= 0.3 is 6.03 Å². The third-order valence-corrected chi connectivity index (χ3v) is 5.52. The number of urea groups is 1. The van der Waals surface area contributed by atoms with Crippen molar-refractivity contribution in [2.24, 2.45) is 13.0 Å². The highest BCUT2D eigenvalue weighted by atomic mass is 16.2. The molecule has 2 aliphatic rings. The predicted octanol–water partition coefficient (Wildman–Crippen LogP) is 0.677. The molecule has 2 atom stereocenters. The van der Waals surface area contributed by atoms with E-state index in [9.17, 15) is 9.59 Å². The first kappa shape index (κ1) is 18.8. The fraction of sp³-hybridized carbons (Fsp3) is 0.722. The van der Waals surface area contributed by atoms with Crippen LogP contribution in [0, 0.1) is 5.92 Å². The van der Waals surface area contributed by atoms with Gasteiger partial charge in [0.25, 0.3) is 0 Å². The molecule has 1 aromatic rings. The number of carbonyl (C=O) groups is 2. The SMILES string of the molecule is CCN1CCC[C@@H](CN(C)CCN2C(=O)CNC2=O)[C@@H]1c1cnn(C)c1. The Labute approximate surface area is 155 Å². The number of nitrogens with zero attached hydrogens (tertiary/aromatic N) is 5. The van der Waals surface area contributed by atoms with Gasteiger partial charge in [0.1, 0.15) is 0 Å². The van der Waals surface area contributed by atoms with E-state index in [4.69, 9.17) is 0 Å². The Morgan fingerprint density at radius 3 is 2.81 bits per heavy atom. The van der Waals surface area contributed by atoms with Crippen LogP contribution < -0.4 is 5.32 Å². The molecule has 0 aromatic carbocycles. The normalized spacial score (nSPS) is 24.5. The van der Waals surface area contributed by atoms with Crippen molar-refractivity contribution < 1.29 is 9.59 Å². The van der Waals surface area contributed by atoms with E-state index in [1.807, 2.05) is 17.9 Å². The molecule has 1 aromatic heterocycles. The first-order valence-corrected chi connectivity index (χ1v) is 9.49. The van der Waals surface area contributed by atoms with E-state index in [1.165, 1.54) is 23.3 Å². The molecular weight excluding hydrogens is 332 g/mol. The highest BCUT2D eigenvalue weighted by molar-refractivity contribution is 6.01. The second-order valence-corrected chi connectivity index (χ2v) is 7.39. The minimum Gasteiger partial charge on any atom is -0.329 e. The molecular formula is C18H30N6O2. The maximum atomic E-state index is 11.7. The lowest BCUT2D eigenvalue weighted by atomic mass is 9.85. The van der Waals surface area contributed by atoms with Crippen LogP contribution >= 0.6 is 0 Å². The van der Waals surface area contributed by atoms with Crippen LogP contribution in [0.15, 0.2) is 12.4 Å². The Hall–Kier alpha value is -1.93. The first-order chi connectivity index (χ1) is 12.5. The minimum absolute atomic E-state index is 0.125. The van der Waals surface area contributed by atoms with Crippen LogP contribution in [0.2, 0.25) is 0 Å².